The Morgan fingerprint density at radius 2 is 1.96 bits per heavy atom. The van der Waals surface area contributed by atoms with Crippen molar-refractivity contribution in [2.75, 3.05) is 27.7 Å². The number of ether oxygens (including phenoxy) is 1. The molecule has 0 aliphatic heterocycles. The van der Waals surface area contributed by atoms with Gasteiger partial charge in [0.2, 0.25) is 5.91 Å². The molecule has 4 nitrogen and oxygen atoms in total. The summed E-state index contributed by atoms with van der Waals surface area (Å²) in [6, 6.07) is 14.1. The minimum atomic E-state index is -0.357. The molecule has 0 aliphatic carbocycles. The molecule has 2 rings (SSSR count). The molecule has 0 radical (unpaired) electrons. The third kappa shape index (κ3) is 4.80. The van der Waals surface area contributed by atoms with E-state index in [-0.39, 0.29) is 24.2 Å². The van der Waals surface area contributed by atoms with Crippen molar-refractivity contribution in [3.05, 3.63) is 65.5 Å². The van der Waals surface area contributed by atoms with Gasteiger partial charge in [0.1, 0.15) is 11.6 Å². The van der Waals surface area contributed by atoms with E-state index in [4.69, 9.17) is 4.74 Å². The Bertz CT molecular complexity index is 689. The summed E-state index contributed by atoms with van der Waals surface area (Å²) in [5.74, 6) is 0.219. The van der Waals surface area contributed by atoms with Crippen LogP contribution in [0.2, 0.25) is 0 Å². The maximum atomic E-state index is 13.6. The fourth-order valence-corrected chi connectivity index (χ4v) is 2.54. The van der Waals surface area contributed by atoms with Gasteiger partial charge in [-0.1, -0.05) is 30.3 Å². The molecule has 24 heavy (non-hydrogen) atoms. The first kappa shape index (κ1) is 17.9. The summed E-state index contributed by atoms with van der Waals surface area (Å²) >= 11 is 0. The van der Waals surface area contributed by atoms with Crippen molar-refractivity contribution in [3.63, 3.8) is 0 Å². The molecule has 0 saturated carbocycles. The van der Waals surface area contributed by atoms with E-state index >= 15 is 0 Å². The molecule has 1 amide bonds. The van der Waals surface area contributed by atoms with E-state index in [1.807, 2.05) is 43.3 Å². The number of methoxy groups -OCH3 is 1. The van der Waals surface area contributed by atoms with Gasteiger partial charge in [0.25, 0.3) is 0 Å². The molecule has 2 aromatic carbocycles. The Balaban J connectivity index is 2.01. The second-order valence-electron chi connectivity index (χ2n) is 5.83. The van der Waals surface area contributed by atoms with Gasteiger partial charge in [0.05, 0.1) is 19.6 Å². The summed E-state index contributed by atoms with van der Waals surface area (Å²) in [7, 11) is 5.53. The van der Waals surface area contributed by atoms with Gasteiger partial charge in [-0.25, -0.2) is 4.39 Å². The average Bonchev–Trinajstić information content (AvgIpc) is 2.57. The Labute approximate surface area is 142 Å². The second-order valence-corrected chi connectivity index (χ2v) is 5.83. The third-order valence-corrected chi connectivity index (χ3v) is 3.90. The molecule has 128 valence electrons. The van der Waals surface area contributed by atoms with E-state index in [0.717, 1.165) is 11.3 Å². The fraction of sp³-hybridized carbons (Fsp3) is 0.316. The summed E-state index contributed by atoms with van der Waals surface area (Å²) in [6.07, 6.45) is 0.0327. The molecule has 2 aromatic rings. The van der Waals surface area contributed by atoms with Crippen LogP contribution >= 0.6 is 0 Å². The van der Waals surface area contributed by atoms with Gasteiger partial charge in [-0.15, -0.1) is 0 Å². The lowest BCUT2D eigenvalue weighted by Crippen LogP contribution is -2.35. The van der Waals surface area contributed by atoms with E-state index in [9.17, 15) is 9.18 Å². The van der Waals surface area contributed by atoms with Crippen LogP contribution in [-0.4, -0.2) is 38.6 Å². The quantitative estimate of drug-likeness (QED) is 0.849. The molecule has 1 atom stereocenters. The van der Waals surface area contributed by atoms with Crippen LogP contribution in [0.1, 0.15) is 17.2 Å². The van der Waals surface area contributed by atoms with E-state index in [1.165, 1.54) is 6.07 Å². The van der Waals surface area contributed by atoms with Gasteiger partial charge < -0.3 is 15.0 Å². The van der Waals surface area contributed by atoms with Gasteiger partial charge in [-0.3, -0.25) is 4.79 Å². The van der Waals surface area contributed by atoms with Crippen LogP contribution in [0.3, 0.4) is 0 Å². The zero-order valence-corrected chi connectivity index (χ0v) is 14.3. The second kappa shape index (κ2) is 8.45. The minimum Gasteiger partial charge on any atom is -0.497 e. The number of amides is 1. The number of halogens is 1. The van der Waals surface area contributed by atoms with Gasteiger partial charge in [0.15, 0.2) is 0 Å². The minimum absolute atomic E-state index is 0.00432. The zero-order chi connectivity index (χ0) is 17.5. The van der Waals surface area contributed by atoms with E-state index in [2.05, 4.69) is 5.32 Å². The Morgan fingerprint density at radius 1 is 1.21 bits per heavy atom. The van der Waals surface area contributed by atoms with Crippen molar-refractivity contribution >= 4 is 5.91 Å². The molecule has 0 aromatic heterocycles. The summed E-state index contributed by atoms with van der Waals surface area (Å²) in [5.41, 5.74) is 1.45. The number of hydrogen-bond donors (Lipinski definition) is 1. The van der Waals surface area contributed by atoms with Crippen LogP contribution in [0.5, 0.6) is 5.75 Å². The topological polar surface area (TPSA) is 41.6 Å². The first-order valence-corrected chi connectivity index (χ1v) is 7.81. The molecule has 1 unspecified atom stereocenters. The Hall–Kier alpha value is -2.40. The maximum absolute atomic E-state index is 13.6. The number of carbonyl (C=O) groups excluding carboxylic acids is 1. The molecule has 0 heterocycles. The predicted molar refractivity (Wildman–Crippen MR) is 92.5 cm³/mol. The largest absolute Gasteiger partial charge is 0.497 e. The molecule has 5 heteroatoms. The monoisotopic (exact) mass is 330 g/mol. The molecule has 0 fully saturated rings. The van der Waals surface area contributed by atoms with Crippen LogP contribution in [0.4, 0.5) is 4.39 Å². The van der Waals surface area contributed by atoms with Crippen molar-refractivity contribution in [1.82, 2.24) is 10.2 Å². The molecular weight excluding hydrogens is 307 g/mol. The molecule has 0 bridgehead atoms. The lowest BCUT2D eigenvalue weighted by molar-refractivity contribution is -0.120. The standard InChI is InChI=1S/C19H23FN2O2/c1-22(2)18(15-8-6-9-16(11-15)24-3)13-21-19(23)12-14-7-4-5-10-17(14)20/h4-11,18H,12-13H2,1-3H3,(H,21,23). The number of nitrogens with one attached hydrogen (secondary N) is 1. The predicted octanol–water partition coefficient (Wildman–Crippen LogP) is 2.80. The number of likely N-dealkylation sites (N-methyl/N-ethyl adjacent to an activating group) is 1. The maximum Gasteiger partial charge on any atom is 0.224 e. The zero-order valence-electron chi connectivity index (χ0n) is 14.3. The smallest absolute Gasteiger partial charge is 0.224 e. The van der Waals surface area contributed by atoms with Crippen LogP contribution in [-0.2, 0) is 11.2 Å². The van der Waals surface area contributed by atoms with Gasteiger partial charge in [-0.05, 0) is 43.4 Å². The normalized spacial score (nSPS) is 12.0. The van der Waals surface area contributed by atoms with Crippen molar-refractivity contribution in [2.45, 2.75) is 12.5 Å². The summed E-state index contributed by atoms with van der Waals surface area (Å²) in [5, 5.41) is 2.89. The van der Waals surface area contributed by atoms with Crippen LogP contribution < -0.4 is 10.1 Å². The van der Waals surface area contributed by atoms with Gasteiger partial charge in [-0.2, -0.15) is 0 Å². The Kier molecular flexibility index (Phi) is 6.32. The summed E-state index contributed by atoms with van der Waals surface area (Å²) in [4.78, 5) is 14.2. The number of nitrogens with zero attached hydrogens (tertiary/aromatic N) is 1. The van der Waals surface area contributed by atoms with Crippen molar-refractivity contribution in [3.8, 4) is 5.75 Å². The molecule has 1 N–H and O–H groups in total. The Morgan fingerprint density at radius 3 is 2.62 bits per heavy atom. The number of carbonyl (C=O) groups is 1. The summed E-state index contributed by atoms with van der Waals surface area (Å²) in [6.45, 7) is 0.438. The average molecular weight is 330 g/mol. The van der Waals surface area contributed by atoms with Crippen molar-refractivity contribution in [2.24, 2.45) is 0 Å². The first-order valence-electron chi connectivity index (χ1n) is 7.81. The highest BCUT2D eigenvalue weighted by Gasteiger charge is 2.16. The van der Waals surface area contributed by atoms with E-state index in [0.29, 0.717) is 12.1 Å². The van der Waals surface area contributed by atoms with E-state index in [1.54, 1.807) is 25.3 Å². The van der Waals surface area contributed by atoms with Crippen LogP contribution in [0.15, 0.2) is 48.5 Å². The van der Waals surface area contributed by atoms with Crippen molar-refractivity contribution in [1.29, 1.82) is 0 Å². The SMILES string of the molecule is COc1cccc(C(CNC(=O)Cc2ccccc2F)N(C)C)c1. The molecule has 0 spiro atoms. The fourth-order valence-electron chi connectivity index (χ4n) is 2.54. The lowest BCUT2D eigenvalue weighted by Gasteiger charge is -2.25. The first-order chi connectivity index (χ1) is 11.5. The molecule has 0 saturated heterocycles. The van der Waals surface area contributed by atoms with Crippen molar-refractivity contribution < 1.29 is 13.9 Å². The van der Waals surface area contributed by atoms with Crippen LogP contribution in [0, 0.1) is 5.82 Å². The number of rotatable bonds is 7. The van der Waals surface area contributed by atoms with Gasteiger partial charge in [0, 0.05) is 6.54 Å². The number of hydrogen-bond acceptors (Lipinski definition) is 3. The highest BCUT2D eigenvalue weighted by molar-refractivity contribution is 5.78. The highest BCUT2D eigenvalue weighted by Crippen LogP contribution is 2.22. The lowest BCUT2D eigenvalue weighted by atomic mass is 10.1. The third-order valence-electron chi connectivity index (χ3n) is 3.90. The molecule has 0 aliphatic rings. The van der Waals surface area contributed by atoms with Gasteiger partial charge >= 0.3 is 0 Å². The number of benzene rings is 2. The summed E-state index contributed by atoms with van der Waals surface area (Å²) < 4.78 is 18.9. The highest BCUT2D eigenvalue weighted by atomic mass is 19.1. The van der Waals surface area contributed by atoms with Crippen LogP contribution in [0.25, 0.3) is 0 Å². The van der Waals surface area contributed by atoms with E-state index < -0.39 is 0 Å². The molecular formula is C19H23FN2O2.